The highest BCUT2D eigenvalue weighted by Crippen LogP contribution is 2.20. The molecule has 2 aromatic rings. The maximum atomic E-state index is 12.0. The van der Waals surface area contributed by atoms with E-state index in [1.165, 1.54) is 0 Å². The second-order valence-corrected chi connectivity index (χ2v) is 5.32. The van der Waals surface area contributed by atoms with Crippen LogP contribution in [-0.4, -0.2) is 11.7 Å². The van der Waals surface area contributed by atoms with Crippen LogP contribution in [0.25, 0.3) is 6.08 Å². The number of carbonyl (C=O) groups is 1. The quantitative estimate of drug-likeness (QED) is 0.838. The number of benzene rings is 2. The normalized spacial score (nSPS) is 16.0. The van der Waals surface area contributed by atoms with Gasteiger partial charge in [-0.3, -0.25) is 4.79 Å². The van der Waals surface area contributed by atoms with Crippen molar-refractivity contribution < 1.29 is 4.79 Å². The number of rotatable bonds is 2. The molecule has 0 saturated heterocycles. The van der Waals surface area contributed by atoms with Crippen LogP contribution in [0.1, 0.15) is 11.1 Å². The van der Waals surface area contributed by atoms with Crippen LogP contribution >= 0.6 is 23.2 Å². The van der Waals surface area contributed by atoms with Gasteiger partial charge in [0.2, 0.25) is 0 Å². The van der Waals surface area contributed by atoms with E-state index < -0.39 is 0 Å². The molecule has 1 N–H and O–H groups in total. The number of nitrogens with zero attached hydrogens (tertiary/aromatic N) is 1. The summed E-state index contributed by atoms with van der Waals surface area (Å²) < 4.78 is 0. The highest BCUT2D eigenvalue weighted by Gasteiger charge is 2.22. The number of amidine groups is 1. The molecule has 3 nitrogen and oxygen atoms in total. The summed E-state index contributed by atoms with van der Waals surface area (Å²) in [6.07, 6.45) is 1.70. The minimum absolute atomic E-state index is 0.250. The van der Waals surface area contributed by atoms with Crippen molar-refractivity contribution in [2.24, 2.45) is 4.99 Å². The lowest BCUT2D eigenvalue weighted by Gasteiger charge is -2.01. The number of amides is 1. The lowest BCUT2D eigenvalue weighted by atomic mass is 10.2. The van der Waals surface area contributed by atoms with Crippen LogP contribution in [0.15, 0.2) is 59.2 Å². The number of aliphatic imine (C=N–C) groups is 1. The van der Waals surface area contributed by atoms with Gasteiger partial charge >= 0.3 is 0 Å². The van der Waals surface area contributed by atoms with Gasteiger partial charge in [-0.2, -0.15) is 0 Å². The Labute approximate surface area is 131 Å². The molecular formula is C16H10Cl2N2O. The van der Waals surface area contributed by atoms with Gasteiger partial charge in [0.25, 0.3) is 5.91 Å². The van der Waals surface area contributed by atoms with Crippen LogP contribution in [0, 0.1) is 0 Å². The Bertz CT molecular complexity index is 764. The molecule has 2 aromatic carbocycles. The number of hydrogen-bond donors (Lipinski definition) is 1. The van der Waals surface area contributed by atoms with E-state index in [1.807, 2.05) is 30.3 Å². The summed E-state index contributed by atoms with van der Waals surface area (Å²) in [5, 5.41) is 3.92. The Morgan fingerprint density at radius 3 is 2.43 bits per heavy atom. The average Bonchev–Trinajstić information content (AvgIpc) is 2.83. The summed E-state index contributed by atoms with van der Waals surface area (Å²) in [4.78, 5) is 16.3. The second kappa shape index (κ2) is 5.72. The minimum atomic E-state index is -0.250. The molecular weight excluding hydrogens is 307 g/mol. The first-order valence-corrected chi connectivity index (χ1v) is 7.01. The highest BCUT2D eigenvalue weighted by atomic mass is 35.5. The lowest BCUT2D eigenvalue weighted by molar-refractivity contribution is -0.115. The van der Waals surface area contributed by atoms with Crippen LogP contribution < -0.4 is 5.32 Å². The van der Waals surface area contributed by atoms with E-state index in [4.69, 9.17) is 23.2 Å². The Morgan fingerprint density at radius 1 is 1.00 bits per heavy atom. The van der Waals surface area contributed by atoms with E-state index in [9.17, 15) is 4.79 Å². The molecule has 0 fully saturated rings. The zero-order valence-electron chi connectivity index (χ0n) is 10.8. The first-order chi connectivity index (χ1) is 10.1. The van der Waals surface area contributed by atoms with Crippen molar-refractivity contribution in [2.75, 3.05) is 0 Å². The smallest absolute Gasteiger partial charge is 0.275 e. The molecule has 0 aliphatic carbocycles. The Kier molecular flexibility index (Phi) is 3.78. The van der Waals surface area contributed by atoms with Gasteiger partial charge in [-0.15, -0.1) is 0 Å². The Balaban J connectivity index is 1.96. The maximum Gasteiger partial charge on any atom is 0.275 e. The van der Waals surface area contributed by atoms with Crippen LogP contribution in [-0.2, 0) is 4.79 Å². The SMILES string of the molecule is O=C1NC(c2ccccc2Cl)=N/C1=C/c1ccc(Cl)cc1. The summed E-state index contributed by atoms with van der Waals surface area (Å²) in [6.45, 7) is 0. The van der Waals surface area contributed by atoms with Crippen molar-refractivity contribution in [3.63, 3.8) is 0 Å². The molecule has 0 aromatic heterocycles. The zero-order valence-corrected chi connectivity index (χ0v) is 12.3. The second-order valence-electron chi connectivity index (χ2n) is 4.48. The van der Waals surface area contributed by atoms with E-state index in [-0.39, 0.29) is 5.91 Å². The molecule has 0 saturated carbocycles. The summed E-state index contributed by atoms with van der Waals surface area (Å²) in [6, 6.07) is 14.4. The number of carbonyl (C=O) groups excluding carboxylic acids is 1. The largest absolute Gasteiger partial charge is 0.305 e. The van der Waals surface area contributed by atoms with E-state index >= 15 is 0 Å². The van der Waals surface area contributed by atoms with Crippen molar-refractivity contribution in [3.05, 3.63) is 75.4 Å². The van der Waals surface area contributed by atoms with Gasteiger partial charge in [0.05, 0.1) is 5.02 Å². The molecule has 0 spiro atoms. The average molecular weight is 317 g/mol. The third-order valence-corrected chi connectivity index (χ3v) is 3.58. The van der Waals surface area contributed by atoms with Gasteiger partial charge < -0.3 is 5.32 Å². The molecule has 1 aliphatic rings. The minimum Gasteiger partial charge on any atom is -0.305 e. The molecule has 1 aliphatic heterocycles. The van der Waals surface area contributed by atoms with E-state index in [1.54, 1.807) is 24.3 Å². The van der Waals surface area contributed by atoms with Crippen molar-refractivity contribution in [3.8, 4) is 0 Å². The predicted molar refractivity (Wildman–Crippen MR) is 85.6 cm³/mol. The Morgan fingerprint density at radius 2 is 1.71 bits per heavy atom. The molecule has 1 heterocycles. The van der Waals surface area contributed by atoms with Gasteiger partial charge in [0.15, 0.2) is 0 Å². The van der Waals surface area contributed by atoms with Crippen LogP contribution in [0.4, 0.5) is 0 Å². The van der Waals surface area contributed by atoms with Gasteiger partial charge in [0, 0.05) is 10.6 Å². The van der Waals surface area contributed by atoms with Gasteiger partial charge in [-0.25, -0.2) is 4.99 Å². The standard InChI is InChI=1S/C16H10Cl2N2O/c17-11-7-5-10(6-8-11)9-14-16(21)20-15(19-14)12-3-1-2-4-13(12)18/h1-9H,(H,19,20,21)/b14-9+. The van der Waals surface area contributed by atoms with Crippen LogP contribution in [0.3, 0.4) is 0 Å². The molecule has 0 atom stereocenters. The molecule has 21 heavy (non-hydrogen) atoms. The third kappa shape index (κ3) is 2.99. The molecule has 0 bridgehead atoms. The molecule has 5 heteroatoms. The molecule has 0 radical (unpaired) electrons. The van der Waals surface area contributed by atoms with E-state index in [2.05, 4.69) is 10.3 Å². The van der Waals surface area contributed by atoms with Gasteiger partial charge in [-0.1, -0.05) is 47.5 Å². The predicted octanol–water partition coefficient (Wildman–Crippen LogP) is 3.91. The van der Waals surface area contributed by atoms with Crippen LogP contribution in [0.2, 0.25) is 10.0 Å². The number of halogens is 2. The maximum absolute atomic E-state index is 12.0. The van der Waals surface area contributed by atoms with Gasteiger partial charge in [-0.05, 0) is 35.9 Å². The molecule has 104 valence electrons. The first kappa shape index (κ1) is 13.9. The summed E-state index contributed by atoms with van der Waals surface area (Å²) >= 11 is 11.9. The molecule has 3 rings (SSSR count). The third-order valence-electron chi connectivity index (χ3n) is 3.00. The highest BCUT2D eigenvalue weighted by molar-refractivity contribution is 6.35. The lowest BCUT2D eigenvalue weighted by Crippen LogP contribution is -2.24. The molecule has 0 unspecified atom stereocenters. The van der Waals surface area contributed by atoms with E-state index in [0.29, 0.717) is 27.1 Å². The van der Waals surface area contributed by atoms with Crippen LogP contribution in [0.5, 0.6) is 0 Å². The number of hydrogen-bond acceptors (Lipinski definition) is 2. The monoisotopic (exact) mass is 316 g/mol. The zero-order chi connectivity index (χ0) is 14.8. The van der Waals surface area contributed by atoms with Crippen molar-refractivity contribution in [1.82, 2.24) is 5.32 Å². The fourth-order valence-electron chi connectivity index (χ4n) is 1.97. The summed E-state index contributed by atoms with van der Waals surface area (Å²) in [7, 11) is 0. The topological polar surface area (TPSA) is 41.5 Å². The van der Waals surface area contributed by atoms with Crippen molar-refractivity contribution in [2.45, 2.75) is 0 Å². The fourth-order valence-corrected chi connectivity index (χ4v) is 2.32. The number of nitrogens with one attached hydrogen (secondary N) is 1. The van der Waals surface area contributed by atoms with E-state index in [0.717, 1.165) is 5.56 Å². The van der Waals surface area contributed by atoms with Crippen molar-refractivity contribution in [1.29, 1.82) is 0 Å². The van der Waals surface area contributed by atoms with Crippen molar-refractivity contribution >= 4 is 41.0 Å². The fraction of sp³-hybridized carbons (Fsp3) is 0. The molecule has 1 amide bonds. The first-order valence-electron chi connectivity index (χ1n) is 6.26. The Hall–Kier alpha value is -2.10. The summed E-state index contributed by atoms with van der Waals surface area (Å²) in [5.41, 5.74) is 1.90. The van der Waals surface area contributed by atoms with Gasteiger partial charge in [0.1, 0.15) is 11.5 Å². The summed E-state index contributed by atoms with van der Waals surface area (Å²) in [5.74, 6) is 0.214.